The molecule has 5 heteroatoms. The highest BCUT2D eigenvalue weighted by molar-refractivity contribution is 6.34. The van der Waals surface area contributed by atoms with Gasteiger partial charge in [0, 0.05) is 33.5 Å². The van der Waals surface area contributed by atoms with E-state index in [1.54, 1.807) is 6.07 Å². The molecule has 0 spiro atoms. The van der Waals surface area contributed by atoms with E-state index in [2.05, 4.69) is 14.9 Å². The van der Waals surface area contributed by atoms with Gasteiger partial charge in [0.15, 0.2) is 0 Å². The number of piperidine rings is 1. The van der Waals surface area contributed by atoms with Crippen molar-refractivity contribution < 1.29 is 0 Å². The molecule has 1 N–H and O–H groups in total. The van der Waals surface area contributed by atoms with Crippen LogP contribution in [0.15, 0.2) is 30.7 Å². The van der Waals surface area contributed by atoms with Crippen LogP contribution in [0.3, 0.4) is 0 Å². The standard InChI is InChI=1S/C14H15Cl2N3/c15-11-5-12(16)7-13(6-11)19-9-18-8-14(19)10-1-3-17-4-2-10/h5-10,17H,1-4H2. The first-order valence-corrected chi connectivity index (χ1v) is 7.19. The van der Waals surface area contributed by atoms with Crippen molar-refractivity contribution in [3.8, 4) is 5.69 Å². The van der Waals surface area contributed by atoms with Crippen molar-refractivity contribution in [1.29, 1.82) is 0 Å². The zero-order chi connectivity index (χ0) is 13.2. The number of hydrogen-bond acceptors (Lipinski definition) is 2. The molecule has 2 aromatic rings. The van der Waals surface area contributed by atoms with Crippen LogP contribution in [-0.2, 0) is 0 Å². The minimum atomic E-state index is 0.543. The second-order valence-electron chi connectivity index (χ2n) is 4.84. The van der Waals surface area contributed by atoms with Gasteiger partial charge in [0.25, 0.3) is 0 Å². The van der Waals surface area contributed by atoms with E-state index in [-0.39, 0.29) is 0 Å². The van der Waals surface area contributed by atoms with Crippen LogP contribution in [-0.4, -0.2) is 22.6 Å². The molecule has 1 aromatic carbocycles. The molecule has 1 aliphatic heterocycles. The Bertz CT molecular complexity index is 554. The topological polar surface area (TPSA) is 29.9 Å². The Morgan fingerprint density at radius 1 is 1.11 bits per heavy atom. The summed E-state index contributed by atoms with van der Waals surface area (Å²) in [5, 5.41) is 4.67. The third-order valence-corrected chi connectivity index (χ3v) is 3.99. The Morgan fingerprint density at radius 2 is 1.79 bits per heavy atom. The molecule has 0 bridgehead atoms. The molecule has 1 saturated heterocycles. The number of benzene rings is 1. The molecule has 0 unspecified atom stereocenters. The van der Waals surface area contributed by atoms with Crippen molar-refractivity contribution in [3.63, 3.8) is 0 Å². The first kappa shape index (κ1) is 13.0. The fourth-order valence-electron chi connectivity index (χ4n) is 2.62. The number of nitrogens with one attached hydrogen (secondary N) is 1. The zero-order valence-corrected chi connectivity index (χ0v) is 12.0. The summed E-state index contributed by atoms with van der Waals surface area (Å²) in [6, 6.07) is 5.58. The third-order valence-electron chi connectivity index (χ3n) is 3.55. The monoisotopic (exact) mass is 295 g/mol. The normalized spacial score (nSPS) is 16.7. The van der Waals surface area contributed by atoms with E-state index < -0.39 is 0 Å². The van der Waals surface area contributed by atoms with Crippen LogP contribution in [0, 0.1) is 0 Å². The van der Waals surface area contributed by atoms with Crippen molar-refractivity contribution in [2.45, 2.75) is 18.8 Å². The van der Waals surface area contributed by atoms with E-state index in [9.17, 15) is 0 Å². The summed E-state index contributed by atoms with van der Waals surface area (Å²) < 4.78 is 2.09. The first-order chi connectivity index (χ1) is 9.24. The Balaban J connectivity index is 1.98. The molecular formula is C14H15Cl2N3. The average molecular weight is 296 g/mol. The van der Waals surface area contributed by atoms with Crippen LogP contribution >= 0.6 is 23.2 Å². The van der Waals surface area contributed by atoms with Gasteiger partial charge < -0.3 is 9.88 Å². The molecule has 19 heavy (non-hydrogen) atoms. The quantitative estimate of drug-likeness (QED) is 0.917. The summed E-state index contributed by atoms with van der Waals surface area (Å²) >= 11 is 12.2. The van der Waals surface area contributed by atoms with Gasteiger partial charge in [-0.05, 0) is 44.1 Å². The highest BCUT2D eigenvalue weighted by atomic mass is 35.5. The smallest absolute Gasteiger partial charge is 0.0994 e. The molecule has 2 heterocycles. The molecule has 0 radical (unpaired) electrons. The SMILES string of the molecule is Clc1cc(Cl)cc(-n2cncc2C2CCNCC2)c1. The summed E-state index contributed by atoms with van der Waals surface area (Å²) in [5.74, 6) is 0.543. The highest BCUT2D eigenvalue weighted by Gasteiger charge is 2.19. The summed E-state index contributed by atoms with van der Waals surface area (Å²) in [7, 11) is 0. The fraction of sp³-hybridized carbons (Fsp3) is 0.357. The molecule has 1 aromatic heterocycles. The predicted octanol–water partition coefficient (Wildman–Crippen LogP) is 3.65. The van der Waals surface area contributed by atoms with Crippen LogP contribution in [0.4, 0.5) is 0 Å². The lowest BCUT2D eigenvalue weighted by Gasteiger charge is -2.23. The number of imidazole rings is 1. The Hall–Kier alpha value is -1.03. The van der Waals surface area contributed by atoms with E-state index in [4.69, 9.17) is 23.2 Å². The maximum Gasteiger partial charge on any atom is 0.0994 e. The van der Waals surface area contributed by atoms with Gasteiger partial charge >= 0.3 is 0 Å². The zero-order valence-electron chi connectivity index (χ0n) is 10.4. The number of nitrogens with zero attached hydrogens (tertiary/aromatic N) is 2. The van der Waals surface area contributed by atoms with Gasteiger partial charge in [-0.1, -0.05) is 23.2 Å². The van der Waals surface area contributed by atoms with Crippen molar-refractivity contribution in [3.05, 3.63) is 46.5 Å². The molecule has 3 rings (SSSR count). The number of rotatable bonds is 2. The fourth-order valence-corrected chi connectivity index (χ4v) is 3.13. The van der Waals surface area contributed by atoms with E-state index in [0.29, 0.717) is 16.0 Å². The number of aromatic nitrogens is 2. The third kappa shape index (κ3) is 2.78. The number of hydrogen-bond donors (Lipinski definition) is 1. The van der Waals surface area contributed by atoms with E-state index >= 15 is 0 Å². The minimum absolute atomic E-state index is 0.543. The average Bonchev–Trinajstić information content (AvgIpc) is 2.88. The van der Waals surface area contributed by atoms with Crippen LogP contribution < -0.4 is 5.32 Å². The number of halogens is 2. The largest absolute Gasteiger partial charge is 0.317 e. The Labute approximate surface area is 122 Å². The van der Waals surface area contributed by atoms with Gasteiger partial charge in [-0.3, -0.25) is 0 Å². The summed E-state index contributed by atoms with van der Waals surface area (Å²) in [5.41, 5.74) is 2.21. The van der Waals surface area contributed by atoms with Gasteiger partial charge in [-0.2, -0.15) is 0 Å². The first-order valence-electron chi connectivity index (χ1n) is 6.43. The van der Waals surface area contributed by atoms with Crippen molar-refractivity contribution in [1.82, 2.24) is 14.9 Å². The van der Waals surface area contributed by atoms with Crippen LogP contribution in [0.2, 0.25) is 10.0 Å². The van der Waals surface area contributed by atoms with E-state index in [1.165, 1.54) is 5.69 Å². The lowest BCUT2D eigenvalue weighted by atomic mass is 9.95. The maximum atomic E-state index is 6.08. The van der Waals surface area contributed by atoms with Crippen molar-refractivity contribution in [2.24, 2.45) is 0 Å². The van der Waals surface area contributed by atoms with E-state index in [0.717, 1.165) is 31.6 Å². The van der Waals surface area contributed by atoms with E-state index in [1.807, 2.05) is 24.7 Å². The summed E-state index contributed by atoms with van der Waals surface area (Å²) in [6.45, 7) is 2.12. The lowest BCUT2D eigenvalue weighted by molar-refractivity contribution is 0.449. The second kappa shape index (κ2) is 5.53. The van der Waals surface area contributed by atoms with Gasteiger partial charge in [0.2, 0.25) is 0 Å². The molecule has 0 aliphatic carbocycles. The second-order valence-corrected chi connectivity index (χ2v) is 5.71. The maximum absolute atomic E-state index is 6.08. The van der Waals surface area contributed by atoms with Crippen LogP contribution in [0.25, 0.3) is 5.69 Å². The van der Waals surface area contributed by atoms with Gasteiger partial charge in [0.1, 0.15) is 0 Å². The predicted molar refractivity (Wildman–Crippen MR) is 78.4 cm³/mol. The van der Waals surface area contributed by atoms with Crippen LogP contribution in [0.1, 0.15) is 24.5 Å². The molecular weight excluding hydrogens is 281 g/mol. The summed E-state index contributed by atoms with van der Waals surface area (Å²) in [6.07, 6.45) is 6.06. The van der Waals surface area contributed by atoms with Crippen molar-refractivity contribution >= 4 is 23.2 Å². The molecule has 1 fully saturated rings. The van der Waals surface area contributed by atoms with Crippen molar-refractivity contribution in [2.75, 3.05) is 13.1 Å². The molecule has 0 atom stereocenters. The molecule has 100 valence electrons. The molecule has 3 nitrogen and oxygen atoms in total. The molecule has 0 amide bonds. The Kier molecular flexibility index (Phi) is 3.78. The molecule has 1 aliphatic rings. The van der Waals surface area contributed by atoms with Gasteiger partial charge in [-0.15, -0.1) is 0 Å². The highest BCUT2D eigenvalue weighted by Crippen LogP contribution is 2.29. The lowest BCUT2D eigenvalue weighted by Crippen LogP contribution is -2.27. The van der Waals surface area contributed by atoms with Crippen LogP contribution in [0.5, 0.6) is 0 Å². The summed E-state index contributed by atoms with van der Waals surface area (Å²) in [4.78, 5) is 4.29. The van der Waals surface area contributed by atoms with Gasteiger partial charge in [-0.25, -0.2) is 4.98 Å². The Morgan fingerprint density at radius 3 is 2.47 bits per heavy atom. The van der Waals surface area contributed by atoms with Gasteiger partial charge in [0.05, 0.1) is 6.33 Å². The molecule has 0 saturated carbocycles. The minimum Gasteiger partial charge on any atom is -0.317 e.